The van der Waals surface area contributed by atoms with Crippen LogP contribution >= 0.6 is 0 Å². The Morgan fingerprint density at radius 2 is 2.22 bits per heavy atom. The van der Waals surface area contributed by atoms with Crippen LogP contribution in [0.15, 0.2) is 41.0 Å². The third-order valence-electron chi connectivity index (χ3n) is 3.66. The zero-order valence-electron chi connectivity index (χ0n) is 12.9. The summed E-state index contributed by atoms with van der Waals surface area (Å²) in [5, 5.41) is 2.77. The van der Waals surface area contributed by atoms with E-state index >= 15 is 0 Å². The van der Waals surface area contributed by atoms with Crippen LogP contribution in [-0.2, 0) is 16.1 Å². The second kappa shape index (κ2) is 6.56. The maximum atomic E-state index is 12.1. The first-order valence-corrected chi connectivity index (χ1v) is 7.46. The molecule has 2 aromatic rings. The molecule has 0 aliphatic carbocycles. The molecule has 1 aromatic carbocycles. The number of hydrogen-bond donors (Lipinski definition) is 1. The number of carbonyl (C=O) groups is 2. The Balaban J connectivity index is 1.59. The molecule has 1 aromatic heterocycles. The molecule has 0 fully saturated rings. The summed E-state index contributed by atoms with van der Waals surface area (Å²) in [6, 6.07) is 9.23. The second-order valence-electron chi connectivity index (χ2n) is 5.41. The van der Waals surface area contributed by atoms with Gasteiger partial charge >= 0.3 is 0 Å². The topological polar surface area (TPSA) is 71.8 Å². The number of furan rings is 1. The summed E-state index contributed by atoms with van der Waals surface area (Å²) in [5.41, 5.74) is 1.78. The van der Waals surface area contributed by atoms with E-state index < -0.39 is 0 Å². The zero-order chi connectivity index (χ0) is 16.2. The minimum Gasteiger partial charge on any atom is -0.482 e. The molecule has 3 rings (SSSR count). The fourth-order valence-electron chi connectivity index (χ4n) is 2.46. The average molecular weight is 314 g/mol. The molecule has 120 valence electrons. The lowest BCUT2D eigenvalue weighted by molar-refractivity contribution is -0.122. The monoisotopic (exact) mass is 314 g/mol. The molecule has 0 bridgehead atoms. The van der Waals surface area contributed by atoms with Gasteiger partial charge in [-0.25, -0.2) is 0 Å². The maximum Gasteiger partial charge on any atom is 0.265 e. The summed E-state index contributed by atoms with van der Waals surface area (Å²) in [7, 11) is 0. The van der Waals surface area contributed by atoms with Crippen LogP contribution in [-0.4, -0.2) is 25.0 Å². The molecular formula is C17H18N2O4. The Kier molecular flexibility index (Phi) is 4.32. The highest BCUT2D eigenvalue weighted by Crippen LogP contribution is 2.32. The van der Waals surface area contributed by atoms with Crippen molar-refractivity contribution in [2.75, 3.05) is 18.1 Å². The van der Waals surface area contributed by atoms with Gasteiger partial charge in [0.25, 0.3) is 5.91 Å². The number of ether oxygens (including phenoxy) is 1. The second-order valence-corrected chi connectivity index (χ2v) is 5.41. The zero-order valence-corrected chi connectivity index (χ0v) is 12.9. The third kappa shape index (κ3) is 3.53. The van der Waals surface area contributed by atoms with E-state index in [0.717, 1.165) is 5.56 Å². The molecule has 6 heteroatoms. The highest BCUT2D eigenvalue weighted by Gasteiger charge is 2.25. The smallest absolute Gasteiger partial charge is 0.265 e. The lowest BCUT2D eigenvalue weighted by Crippen LogP contribution is -2.41. The Morgan fingerprint density at radius 1 is 1.35 bits per heavy atom. The molecular weight excluding hydrogens is 296 g/mol. The summed E-state index contributed by atoms with van der Waals surface area (Å²) in [6.45, 7) is 2.64. The van der Waals surface area contributed by atoms with E-state index in [-0.39, 0.29) is 24.8 Å². The van der Waals surface area contributed by atoms with Crippen molar-refractivity contribution in [3.63, 3.8) is 0 Å². The predicted octanol–water partition coefficient (Wildman–Crippen LogP) is 2.02. The van der Waals surface area contributed by atoms with Crippen molar-refractivity contribution in [1.29, 1.82) is 0 Å². The summed E-state index contributed by atoms with van der Waals surface area (Å²) in [5.74, 6) is 1.11. The summed E-state index contributed by atoms with van der Waals surface area (Å²) >= 11 is 0. The highest BCUT2D eigenvalue weighted by atomic mass is 16.5. The largest absolute Gasteiger partial charge is 0.482 e. The highest BCUT2D eigenvalue weighted by molar-refractivity contribution is 5.98. The van der Waals surface area contributed by atoms with E-state index in [4.69, 9.17) is 9.15 Å². The van der Waals surface area contributed by atoms with Gasteiger partial charge in [0.2, 0.25) is 5.91 Å². The molecule has 0 spiro atoms. The van der Waals surface area contributed by atoms with Crippen LogP contribution in [0.1, 0.15) is 17.7 Å². The predicted molar refractivity (Wildman–Crippen MR) is 84.2 cm³/mol. The van der Waals surface area contributed by atoms with Crippen molar-refractivity contribution in [1.82, 2.24) is 5.32 Å². The number of rotatable bonds is 5. The van der Waals surface area contributed by atoms with Crippen molar-refractivity contribution in [3.05, 3.63) is 47.9 Å². The van der Waals surface area contributed by atoms with Crippen LogP contribution in [0.2, 0.25) is 0 Å². The Bertz CT molecular complexity index is 709. The Hall–Kier alpha value is -2.76. The Morgan fingerprint density at radius 3 is 3.00 bits per heavy atom. The van der Waals surface area contributed by atoms with E-state index in [9.17, 15) is 9.59 Å². The van der Waals surface area contributed by atoms with Crippen LogP contribution < -0.4 is 15.0 Å². The minimum atomic E-state index is -0.139. The van der Waals surface area contributed by atoms with E-state index in [1.54, 1.807) is 23.3 Å². The van der Waals surface area contributed by atoms with Crippen LogP contribution in [0.3, 0.4) is 0 Å². The molecule has 2 amide bonds. The first-order chi connectivity index (χ1) is 11.1. The van der Waals surface area contributed by atoms with E-state index in [1.165, 1.54) is 0 Å². The first kappa shape index (κ1) is 15.1. The molecule has 6 nitrogen and oxygen atoms in total. The lowest BCUT2D eigenvalue weighted by atomic mass is 10.1. The normalized spacial score (nSPS) is 13.4. The first-order valence-electron chi connectivity index (χ1n) is 7.46. The van der Waals surface area contributed by atoms with Gasteiger partial charge in [0.15, 0.2) is 6.61 Å². The minimum absolute atomic E-state index is 0.00443. The number of aryl methyl sites for hydroxylation is 1. The number of amides is 2. The van der Waals surface area contributed by atoms with Gasteiger partial charge in [-0.3, -0.25) is 9.59 Å². The molecule has 0 unspecified atom stereocenters. The molecule has 2 heterocycles. The van der Waals surface area contributed by atoms with Crippen LogP contribution in [0.5, 0.6) is 5.75 Å². The van der Waals surface area contributed by atoms with Crippen LogP contribution in [0.25, 0.3) is 0 Å². The molecule has 0 saturated carbocycles. The lowest BCUT2D eigenvalue weighted by Gasteiger charge is -2.29. The Labute approximate surface area is 134 Å². The number of anilines is 1. The molecule has 1 aliphatic rings. The number of fused-ring (bicyclic) bond motifs is 1. The van der Waals surface area contributed by atoms with E-state index in [2.05, 4.69) is 5.32 Å². The van der Waals surface area contributed by atoms with E-state index in [1.807, 2.05) is 25.1 Å². The van der Waals surface area contributed by atoms with Gasteiger partial charge in [0.1, 0.15) is 11.5 Å². The molecule has 23 heavy (non-hydrogen) atoms. The SMILES string of the molecule is Cc1ccc2c(c1)OCC(=O)N2CCC(=O)NCc1ccco1. The molecule has 0 atom stereocenters. The number of nitrogens with one attached hydrogen (secondary N) is 1. The molecule has 1 N–H and O–H groups in total. The quantitative estimate of drug-likeness (QED) is 0.916. The average Bonchev–Trinajstić information content (AvgIpc) is 3.05. The van der Waals surface area contributed by atoms with Gasteiger partial charge in [-0.05, 0) is 36.8 Å². The van der Waals surface area contributed by atoms with Crippen molar-refractivity contribution in [2.24, 2.45) is 0 Å². The molecule has 0 saturated heterocycles. The number of carbonyl (C=O) groups excluding carboxylic acids is 2. The summed E-state index contributed by atoms with van der Waals surface area (Å²) in [6.07, 6.45) is 1.78. The number of hydrogen-bond acceptors (Lipinski definition) is 4. The van der Waals surface area contributed by atoms with Gasteiger partial charge < -0.3 is 19.4 Å². The molecule has 0 radical (unpaired) electrons. The van der Waals surface area contributed by atoms with E-state index in [0.29, 0.717) is 30.3 Å². The van der Waals surface area contributed by atoms with Gasteiger partial charge in [-0.15, -0.1) is 0 Å². The van der Waals surface area contributed by atoms with Gasteiger partial charge in [-0.1, -0.05) is 6.07 Å². The van der Waals surface area contributed by atoms with Crippen molar-refractivity contribution in [3.8, 4) is 5.75 Å². The fourth-order valence-corrected chi connectivity index (χ4v) is 2.46. The number of benzene rings is 1. The summed E-state index contributed by atoms with van der Waals surface area (Å²) in [4.78, 5) is 25.6. The third-order valence-corrected chi connectivity index (χ3v) is 3.66. The van der Waals surface area contributed by atoms with Gasteiger partial charge in [0.05, 0.1) is 18.5 Å². The fraction of sp³-hybridized carbons (Fsp3) is 0.294. The van der Waals surface area contributed by atoms with Crippen LogP contribution in [0, 0.1) is 6.92 Å². The number of nitrogens with zero attached hydrogens (tertiary/aromatic N) is 1. The van der Waals surface area contributed by atoms with Crippen LogP contribution in [0.4, 0.5) is 5.69 Å². The van der Waals surface area contributed by atoms with Crippen molar-refractivity contribution >= 4 is 17.5 Å². The maximum absolute atomic E-state index is 12.1. The van der Waals surface area contributed by atoms with Crippen molar-refractivity contribution in [2.45, 2.75) is 19.9 Å². The van der Waals surface area contributed by atoms with Gasteiger partial charge in [-0.2, -0.15) is 0 Å². The van der Waals surface area contributed by atoms with Crippen molar-refractivity contribution < 1.29 is 18.7 Å². The standard InChI is InChI=1S/C17H18N2O4/c1-12-4-5-14-15(9-12)23-11-17(21)19(14)7-6-16(20)18-10-13-3-2-8-22-13/h2-5,8-9H,6-7,10-11H2,1H3,(H,18,20). The summed E-state index contributed by atoms with van der Waals surface area (Å²) < 4.78 is 10.6. The van der Waals surface area contributed by atoms with Gasteiger partial charge in [0, 0.05) is 13.0 Å². The molecule has 1 aliphatic heterocycles.